The highest BCUT2D eigenvalue weighted by Gasteiger charge is 2.12. The molecule has 5 nitrogen and oxygen atoms in total. The molecule has 0 saturated heterocycles. The average molecular weight is 271 g/mol. The van der Waals surface area contributed by atoms with Gasteiger partial charge in [-0.3, -0.25) is 0 Å². The van der Waals surface area contributed by atoms with Crippen LogP contribution in [0.4, 0.5) is 5.69 Å². The molecule has 1 aliphatic heterocycles. The monoisotopic (exact) mass is 271 g/mol. The smallest absolute Gasteiger partial charge is 0.146 e. The molecule has 1 aliphatic rings. The lowest BCUT2D eigenvalue weighted by Gasteiger charge is -2.21. The quantitative estimate of drug-likeness (QED) is 0.872. The molecule has 106 valence electrons. The molecule has 3 rings (SSSR count). The number of benzene rings is 1. The van der Waals surface area contributed by atoms with Crippen LogP contribution in [0.5, 0.6) is 0 Å². The van der Waals surface area contributed by atoms with Crippen molar-refractivity contribution < 1.29 is 0 Å². The van der Waals surface area contributed by atoms with Crippen LogP contribution in [0.25, 0.3) is 0 Å². The summed E-state index contributed by atoms with van der Waals surface area (Å²) in [6.07, 6.45) is 4.19. The minimum Gasteiger partial charge on any atom is -0.385 e. The number of rotatable bonds is 5. The zero-order valence-electron chi connectivity index (χ0n) is 11.9. The standard InChI is InChI=1S/C15H21N5/c1-2-20-11-18-19-14(20)10-16-9-13-6-3-5-12-7-4-8-17-15(12)13/h3,5-6,11,16-17H,2,4,7-10H2,1H3. The van der Waals surface area contributed by atoms with Crippen molar-refractivity contribution in [3.8, 4) is 0 Å². The molecule has 0 spiro atoms. The van der Waals surface area contributed by atoms with Crippen molar-refractivity contribution in [2.75, 3.05) is 11.9 Å². The van der Waals surface area contributed by atoms with Crippen LogP contribution in [0.3, 0.4) is 0 Å². The van der Waals surface area contributed by atoms with E-state index in [9.17, 15) is 0 Å². The summed E-state index contributed by atoms with van der Waals surface area (Å²) in [4.78, 5) is 0. The lowest BCUT2D eigenvalue weighted by Crippen LogP contribution is -2.19. The first-order chi connectivity index (χ1) is 9.88. The molecule has 0 aliphatic carbocycles. The number of aromatic nitrogens is 3. The average Bonchev–Trinajstić information content (AvgIpc) is 2.95. The molecule has 0 radical (unpaired) electrons. The van der Waals surface area contributed by atoms with Crippen LogP contribution in [-0.2, 0) is 26.1 Å². The van der Waals surface area contributed by atoms with Crippen LogP contribution in [0, 0.1) is 0 Å². The Bertz CT molecular complexity index is 575. The van der Waals surface area contributed by atoms with E-state index >= 15 is 0 Å². The van der Waals surface area contributed by atoms with Gasteiger partial charge in [-0.05, 0) is 30.9 Å². The molecule has 0 saturated carbocycles. The highest BCUT2D eigenvalue weighted by atomic mass is 15.3. The van der Waals surface area contributed by atoms with Crippen molar-refractivity contribution in [3.05, 3.63) is 41.5 Å². The fourth-order valence-electron chi connectivity index (χ4n) is 2.72. The Morgan fingerprint density at radius 2 is 2.30 bits per heavy atom. The van der Waals surface area contributed by atoms with Gasteiger partial charge in [0.05, 0.1) is 6.54 Å². The lowest BCUT2D eigenvalue weighted by molar-refractivity contribution is 0.612. The minimum atomic E-state index is 0.748. The number of nitrogens with zero attached hydrogens (tertiary/aromatic N) is 3. The Morgan fingerprint density at radius 1 is 1.35 bits per heavy atom. The molecule has 5 heteroatoms. The number of hydrogen-bond donors (Lipinski definition) is 2. The van der Waals surface area contributed by atoms with Gasteiger partial charge < -0.3 is 15.2 Å². The van der Waals surface area contributed by atoms with Crippen LogP contribution < -0.4 is 10.6 Å². The molecule has 1 aromatic carbocycles. The van der Waals surface area contributed by atoms with Crippen molar-refractivity contribution in [1.29, 1.82) is 0 Å². The fourth-order valence-corrected chi connectivity index (χ4v) is 2.72. The van der Waals surface area contributed by atoms with E-state index < -0.39 is 0 Å². The topological polar surface area (TPSA) is 54.8 Å². The van der Waals surface area contributed by atoms with Gasteiger partial charge in [-0.1, -0.05) is 18.2 Å². The van der Waals surface area contributed by atoms with Crippen LogP contribution in [0.2, 0.25) is 0 Å². The molecular weight excluding hydrogens is 250 g/mol. The lowest BCUT2D eigenvalue weighted by atomic mass is 9.99. The maximum absolute atomic E-state index is 4.14. The van der Waals surface area contributed by atoms with Crippen molar-refractivity contribution in [2.45, 2.75) is 39.4 Å². The van der Waals surface area contributed by atoms with Gasteiger partial charge in [0.15, 0.2) is 0 Å². The Labute approximate surface area is 119 Å². The summed E-state index contributed by atoms with van der Waals surface area (Å²) < 4.78 is 2.06. The normalized spacial score (nSPS) is 13.8. The van der Waals surface area contributed by atoms with Crippen LogP contribution >= 0.6 is 0 Å². The SMILES string of the molecule is CCn1cnnc1CNCc1cccc2c1NCCC2. The second kappa shape index (κ2) is 6.05. The van der Waals surface area contributed by atoms with Gasteiger partial charge in [0.2, 0.25) is 0 Å². The second-order valence-electron chi connectivity index (χ2n) is 5.12. The Hall–Kier alpha value is -1.88. The van der Waals surface area contributed by atoms with E-state index in [1.165, 1.54) is 29.7 Å². The van der Waals surface area contributed by atoms with Gasteiger partial charge in [0, 0.05) is 25.3 Å². The number of aryl methyl sites for hydroxylation is 2. The largest absolute Gasteiger partial charge is 0.385 e. The van der Waals surface area contributed by atoms with Crippen molar-refractivity contribution in [2.24, 2.45) is 0 Å². The fraction of sp³-hybridized carbons (Fsp3) is 0.467. The predicted octanol–water partition coefficient (Wildman–Crippen LogP) is 1.95. The third-order valence-electron chi connectivity index (χ3n) is 3.80. The maximum atomic E-state index is 4.14. The molecule has 1 aromatic heterocycles. The third kappa shape index (κ3) is 2.67. The van der Waals surface area contributed by atoms with Gasteiger partial charge >= 0.3 is 0 Å². The van der Waals surface area contributed by atoms with Crippen LogP contribution in [0.15, 0.2) is 24.5 Å². The zero-order chi connectivity index (χ0) is 13.8. The highest BCUT2D eigenvalue weighted by Crippen LogP contribution is 2.25. The number of fused-ring (bicyclic) bond motifs is 1. The third-order valence-corrected chi connectivity index (χ3v) is 3.80. The first-order valence-corrected chi connectivity index (χ1v) is 7.30. The Kier molecular flexibility index (Phi) is 3.97. The molecule has 2 N–H and O–H groups in total. The van der Waals surface area contributed by atoms with Gasteiger partial charge in [-0.25, -0.2) is 0 Å². The minimum absolute atomic E-state index is 0.748. The Balaban J connectivity index is 1.64. The number of hydrogen-bond acceptors (Lipinski definition) is 4. The predicted molar refractivity (Wildman–Crippen MR) is 79.5 cm³/mol. The van der Waals surface area contributed by atoms with E-state index in [0.717, 1.165) is 32.0 Å². The Morgan fingerprint density at radius 3 is 3.20 bits per heavy atom. The maximum Gasteiger partial charge on any atom is 0.146 e. The van der Waals surface area contributed by atoms with Crippen molar-refractivity contribution in [1.82, 2.24) is 20.1 Å². The van der Waals surface area contributed by atoms with Crippen molar-refractivity contribution in [3.63, 3.8) is 0 Å². The van der Waals surface area contributed by atoms with E-state index in [-0.39, 0.29) is 0 Å². The number of para-hydroxylation sites is 1. The molecular formula is C15H21N5. The van der Waals surface area contributed by atoms with Crippen LogP contribution in [0.1, 0.15) is 30.3 Å². The van der Waals surface area contributed by atoms with Crippen LogP contribution in [-0.4, -0.2) is 21.3 Å². The molecule has 2 aromatic rings. The summed E-state index contributed by atoms with van der Waals surface area (Å²) in [6.45, 7) is 5.69. The number of nitrogens with one attached hydrogen (secondary N) is 2. The first-order valence-electron chi connectivity index (χ1n) is 7.30. The van der Waals surface area contributed by atoms with Gasteiger partial charge in [0.25, 0.3) is 0 Å². The molecule has 0 bridgehead atoms. The number of anilines is 1. The van der Waals surface area contributed by atoms with E-state index in [1.54, 1.807) is 6.33 Å². The molecule has 0 amide bonds. The molecule has 0 fully saturated rings. The van der Waals surface area contributed by atoms with Gasteiger partial charge in [-0.2, -0.15) is 0 Å². The molecule has 20 heavy (non-hydrogen) atoms. The summed E-state index contributed by atoms with van der Waals surface area (Å²) in [5.41, 5.74) is 4.10. The van der Waals surface area contributed by atoms with Gasteiger partial charge in [0.1, 0.15) is 12.2 Å². The molecule has 0 atom stereocenters. The second-order valence-corrected chi connectivity index (χ2v) is 5.12. The molecule has 0 unspecified atom stereocenters. The van der Waals surface area contributed by atoms with Gasteiger partial charge in [-0.15, -0.1) is 10.2 Å². The zero-order valence-corrected chi connectivity index (χ0v) is 11.9. The van der Waals surface area contributed by atoms with Crippen molar-refractivity contribution >= 4 is 5.69 Å². The first kappa shape index (κ1) is 13.1. The summed E-state index contributed by atoms with van der Waals surface area (Å²) in [6, 6.07) is 6.56. The summed E-state index contributed by atoms with van der Waals surface area (Å²) in [5, 5.41) is 15.1. The summed E-state index contributed by atoms with van der Waals surface area (Å²) in [7, 11) is 0. The van der Waals surface area contributed by atoms with E-state index in [1.807, 2.05) is 0 Å². The van der Waals surface area contributed by atoms with E-state index in [4.69, 9.17) is 0 Å². The summed E-state index contributed by atoms with van der Waals surface area (Å²) >= 11 is 0. The van der Waals surface area contributed by atoms with E-state index in [2.05, 4.69) is 50.5 Å². The molecule has 2 heterocycles. The summed E-state index contributed by atoms with van der Waals surface area (Å²) in [5.74, 6) is 0.991. The highest BCUT2D eigenvalue weighted by molar-refractivity contribution is 5.59. The van der Waals surface area contributed by atoms with E-state index in [0.29, 0.717) is 0 Å².